The summed E-state index contributed by atoms with van der Waals surface area (Å²) in [6, 6.07) is 45.9. The number of rotatable bonds is 11. The first-order valence-electron chi connectivity index (χ1n) is 22.5. The van der Waals surface area contributed by atoms with Gasteiger partial charge in [0.2, 0.25) is 5.91 Å². The molecule has 4 atom stereocenters. The summed E-state index contributed by atoms with van der Waals surface area (Å²) in [5.41, 5.74) is 3.83. The number of fused-ring (bicyclic) bond motifs is 2. The molecule has 7 aromatic carbocycles. The van der Waals surface area contributed by atoms with Gasteiger partial charge in [0, 0.05) is 52.6 Å². The molecule has 7 aromatic rings. The van der Waals surface area contributed by atoms with Crippen molar-refractivity contribution >= 4 is 73.6 Å². The van der Waals surface area contributed by atoms with E-state index in [1.54, 1.807) is 33.4 Å². The second kappa shape index (κ2) is 15.5. The quantitative estimate of drug-likeness (QED) is 0.133. The van der Waals surface area contributed by atoms with E-state index in [1.807, 2.05) is 153 Å². The standard InChI is InChI=1S/C55H48N4O7/c1-33-50(54(2,3)65)46(30-47(61)56(27-28-60)31-34-11-5-4-6-12-34)66-55(33)42-29-39(59-45-20-10-16-37-14-8-18-41(49(37)45)52(59)63)25-26-43(42)57(53(55)64)32-35-21-23-38(24-22-35)58-44-19-9-15-36-13-7-17-40(48(36)44)51(58)62/h4-26,29,33,46,50,60,65H,27-28,30-32H2,1-3H3/t33-,46+,50-,55+/m0/s1. The van der Waals surface area contributed by atoms with Gasteiger partial charge < -0.3 is 24.7 Å². The topological polar surface area (TPSA) is 131 Å². The summed E-state index contributed by atoms with van der Waals surface area (Å²) in [6.45, 7) is 5.55. The predicted molar refractivity (Wildman–Crippen MR) is 254 cm³/mol. The smallest absolute Gasteiger partial charge is 0.264 e. The van der Waals surface area contributed by atoms with Gasteiger partial charge in [-0.05, 0) is 90.3 Å². The van der Waals surface area contributed by atoms with Crippen LogP contribution in [0.25, 0.3) is 21.5 Å². The van der Waals surface area contributed by atoms with Gasteiger partial charge in [0.1, 0.15) is 0 Å². The maximum Gasteiger partial charge on any atom is 0.264 e. The maximum atomic E-state index is 15.6. The van der Waals surface area contributed by atoms with Crippen molar-refractivity contribution in [3.05, 3.63) is 173 Å². The lowest BCUT2D eigenvalue weighted by Crippen LogP contribution is -2.46. The maximum absolute atomic E-state index is 15.6. The van der Waals surface area contributed by atoms with E-state index in [-0.39, 0.29) is 56.3 Å². The lowest BCUT2D eigenvalue weighted by molar-refractivity contribution is -0.150. The van der Waals surface area contributed by atoms with E-state index in [1.165, 1.54) is 0 Å². The normalized spacial score (nSPS) is 20.7. The number of nitrogens with zero attached hydrogens (tertiary/aromatic N) is 4. The van der Waals surface area contributed by atoms with Crippen LogP contribution in [0.5, 0.6) is 0 Å². The second-order valence-corrected chi connectivity index (χ2v) is 18.5. The van der Waals surface area contributed by atoms with Gasteiger partial charge in [-0.15, -0.1) is 0 Å². The highest BCUT2D eigenvalue weighted by Gasteiger charge is 2.66. The lowest BCUT2D eigenvalue weighted by atomic mass is 9.70. The number of hydrogen-bond donors (Lipinski definition) is 2. The Morgan fingerprint density at radius 2 is 1.27 bits per heavy atom. The molecule has 0 radical (unpaired) electrons. The Morgan fingerprint density at radius 3 is 1.86 bits per heavy atom. The molecule has 11 heteroatoms. The van der Waals surface area contributed by atoms with Crippen molar-refractivity contribution in [2.45, 2.75) is 57.6 Å². The number of carbonyl (C=O) groups excluding carboxylic acids is 4. The first kappa shape index (κ1) is 41.5. The molecule has 1 fully saturated rings. The van der Waals surface area contributed by atoms with Gasteiger partial charge >= 0.3 is 0 Å². The fraction of sp³-hybridized carbons (Fsp3) is 0.236. The van der Waals surface area contributed by atoms with Crippen LogP contribution in [-0.2, 0) is 33.0 Å². The van der Waals surface area contributed by atoms with Crippen molar-refractivity contribution in [2.75, 3.05) is 27.9 Å². The summed E-state index contributed by atoms with van der Waals surface area (Å²) in [5, 5.41) is 25.7. The average Bonchev–Trinajstić information content (AvgIpc) is 3.96. The van der Waals surface area contributed by atoms with Gasteiger partial charge in [-0.1, -0.05) is 97.9 Å². The summed E-state index contributed by atoms with van der Waals surface area (Å²) < 4.78 is 7.13. The molecule has 11 rings (SSSR count). The third-order valence-electron chi connectivity index (χ3n) is 14.2. The van der Waals surface area contributed by atoms with Crippen molar-refractivity contribution < 1.29 is 34.1 Å². The highest BCUT2D eigenvalue weighted by molar-refractivity contribution is 6.29. The van der Waals surface area contributed by atoms with E-state index < -0.39 is 29.1 Å². The molecule has 1 saturated heterocycles. The molecular formula is C55H48N4O7. The second-order valence-electron chi connectivity index (χ2n) is 18.5. The molecule has 2 N–H and O–H groups in total. The highest BCUT2D eigenvalue weighted by Crippen LogP contribution is 2.59. The average molecular weight is 877 g/mol. The van der Waals surface area contributed by atoms with E-state index in [0.717, 1.165) is 44.0 Å². The molecule has 1 spiro atoms. The molecule has 0 aromatic heterocycles. The first-order valence-corrected chi connectivity index (χ1v) is 22.5. The fourth-order valence-corrected chi connectivity index (χ4v) is 11.4. The van der Waals surface area contributed by atoms with Gasteiger partial charge in [0.25, 0.3) is 17.7 Å². The molecule has 66 heavy (non-hydrogen) atoms. The van der Waals surface area contributed by atoms with Crippen LogP contribution >= 0.6 is 0 Å². The summed E-state index contributed by atoms with van der Waals surface area (Å²) in [7, 11) is 0. The Labute approximate surface area is 382 Å². The Hall–Kier alpha value is -7.18. The van der Waals surface area contributed by atoms with Crippen LogP contribution in [0.2, 0.25) is 0 Å². The van der Waals surface area contributed by atoms with Crippen LogP contribution in [0.15, 0.2) is 146 Å². The number of hydrogen-bond acceptors (Lipinski definition) is 7. The number of amides is 4. The molecule has 4 amide bonds. The van der Waals surface area contributed by atoms with Crippen molar-refractivity contribution in [1.29, 1.82) is 0 Å². The summed E-state index contributed by atoms with van der Waals surface area (Å²) >= 11 is 0. The largest absolute Gasteiger partial charge is 0.395 e. The predicted octanol–water partition coefficient (Wildman–Crippen LogP) is 9.15. The van der Waals surface area contributed by atoms with Gasteiger partial charge in [-0.3, -0.25) is 29.0 Å². The molecule has 4 heterocycles. The summed E-state index contributed by atoms with van der Waals surface area (Å²) in [4.78, 5) is 64.7. The first-order chi connectivity index (χ1) is 31.9. The molecule has 11 nitrogen and oxygen atoms in total. The van der Waals surface area contributed by atoms with Crippen LogP contribution in [0, 0.1) is 11.8 Å². The van der Waals surface area contributed by atoms with Gasteiger partial charge in [-0.25, -0.2) is 0 Å². The summed E-state index contributed by atoms with van der Waals surface area (Å²) in [6.07, 6.45) is -1.05. The molecule has 0 saturated carbocycles. The number of benzene rings is 7. The SMILES string of the molecule is C[C@H]1[C@H](C(C)(C)O)[C@@H](CC(=O)N(CCO)Cc2ccccc2)O[C@]12C(=O)N(Cc1ccc(N3C(=O)c4cccc5cccc3c45)cc1)c1ccc(N3C(=O)c4cccc5cccc3c45)cc12. The van der Waals surface area contributed by atoms with Crippen LogP contribution < -0.4 is 14.7 Å². The van der Waals surface area contributed by atoms with Gasteiger partial charge in [0.05, 0.1) is 59.5 Å². The van der Waals surface area contributed by atoms with Gasteiger partial charge in [-0.2, -0.15) is 0 Å². The molecule has 330 valence electrons. The molecular weight excluding hydrogens is 829 g/mol. The number of anilines is 5. The highest BCUT2D eigenvalue weighted by atomic mass is 16.5. The van der Waals surface area contributed by atoms with Gasteiger partial charge in [0.15, 0.2) is 5.60 Å². The Kier molecular flexibility index (Phi) is 9.74. The Balaban J connectivity index is 0.978. The minimum atomic E-state index is -1.66. The number of aliphatic hydroxyl groups is 2. The van der Waals surface area contributed by atoms with Crippen molar-refractivity contribution in [1.82, 2.24) is 4.90 Å². The molecule has 4 aliphatic heterocycles. The third kappa shape index (κ3) is 6.29. The van der Waals surface area contributed by atoms with E-state index in [9.17, 15) is 24.6 Å². The van der Waals surface area contributed by atoms with E-state index in [2.05, 4.69) is 0 Å². The van der Waals surface area contributed by atoms with E-state index in [4.69, 9.17) is 4.74 Å². The summed E-state index contributed by atoms with van der Waals surface area (Å²) in [5.74, 6) is -2.25. The monoisotopic (exact) mass is 876 g/mol. The Bertz CT molecular complexity index is 3140. The zero-order chi connectivity index (χ0) is 45.6. The minimum Gasteiger partial charge on any atom is -0.395 e. The van der Waals surface area contributed by atoms with Crippen molar-refractivity contribution in [2.24, 2.45) is 11.8 Å². The number of aliphatic hydroxyl groups excluding tert-OH is 1. The van der Waals surface area contributed by atoms with Crippen molar-refractivity contribution in [3.8, 4) is 0 Å². The molecule has 4 aliphatic rings. The third-order valence-corrected chi connectivity index (χ3v) is 14.2. The molecule has 0 aliphatic carbocycles. The van der Waals surface area contributed by atoms with E-state index >= 15 is 4.79 Å². The molecule has 0 unspecified atom stereocenters. The minimum absolute atomic E-state index is 0.0968. The van der Waals surface area contributed by atoms with Crippen LogP contribution in [0.1, 0.15) is 64.6 Å². The van der Waals surface area contributed by atoms with Crippen LogP contribution in [0.3, 0.4) is 0 Å². The van der Waals surface area contributed by atoms with Crippen molar-refractivity contribution in [3.63, 3.8) is 0 Å². The number of carbonyl (C=O) groups is 4. The fourth-order valence-electron chi connectivity index (χ4n) is 11.4. The Morgan fingerprint density at radius 1 is 0.697 bits per heavy atom. The zero-order valence-corrected chi connectivity index (χ0v) is 36.8. The number of ether oxygens (including phenoxy) is 1. The van der Waals surface area contributed by atoms with Crippen LogP contribution in [-0.4, -0.2) is 63.6 Å². The molecule has 0 bridgehead atoms. The van der Waals surface area contributed by atoms with E-state index in [0.29, 0.717) is 33.8 Å². The lowest BCUT2D eigenvalue weighted by Gasteiger charge is -2.34. The zero-order valence-electron chi connectivity index (χ0n) is 36.8. The van der Waals surface area contributed by atoms with Crippen LogP contribution in [0.4, 0.5) is 28.4 Å².